The van der Waals surface area contributed by atoms with Crippen molar-refractivity contribution in [2.75, 3.05) is 14.2 Å². The number of nitrogens with zero attached hydrogens (tertiary/aromatic N) is 4. The van der Waals surface area contributed by atoms with E-state index in [2.05, 4.69) is 39.4 Å². The molecule has 0 aromatic carbocycles. The molecule has 0 bridgehead atoms. The summed E-state index contributed by atoms with van der Waals surface area (Å²) in [5.74, 6) is 1.47. The molecular weight excluding hydrogens is 232 g/mol. The van der Waals surface area contributed by atoms with Crippen LogP contribution < -0.4 is 10.1 Å². The summed E-state index contributed by atoms with van der Waals surface area (Å²) >= 11 is 0. The summed E-state index contributed by atoms with van der Waals surface area (Å²) in [7, 11) is 3.50. The third-order valence-electron chi connectivity index (χ3n) is 2.78. The molecule has 7 heteroatoms. The lowest BCUT2D eigenvalue weighted by Gasteiger charge is -2.19. The monoisotopic (exact) mass is 250 g/mol. The number of rotatable bonds is 5. The normalized spacial score (nSPS) is 12.9. The fourth-order valence-corrected chi connectivity index (χ4v) is 1.96. The zero-order valence-electron chi connectivity index (χ0n) is 11.0. The van der Waals surface area contributed by atoms with E-state index in [4.69, 9.17) is 4.74 Å². The highest BCUT2D eigenvalue weighted by Gasteiger charge is 2.25. The summed E-state index contributed by atoms with van der Waals surface area (Å²) in [5, 5.41) is 14.3. The van der Waals surface area contributed by atoms with Crippen LogP contribution in [0, 0.1) is 0 Å². The van der Waals surface area contributed by atoms with Gasteiger partial charge in [0.05, 0.1) is 13.3 Å². The molecule has 0 fully saturated rings. The Morgan fingerprint density at radius 2 is 2.22 bits per heavy atom. The van der Waals surface area contributed by atoms with Gasteiger partial charge in [-0.15, -0.1) is 0 Å². The van der Waals surface area contributed by atoms with E-state index < -0.39 is 0 Å². The Hall–Kier alpha value is -1.89. The number of hydrogen-bond acceptors (Lipinski definition) is 5. The van der Waals surface area contributed by atoms with Gasteiger partial charge in [-0.3, -0.25) is 9.78 Å². The Morgan fingerprint density at radius 3 is 2.72 bits per heavy atom. The van der Waals surface area contributed by atoms with Gasteiger partial charge in [0.25, 0.3) is 0 Å². The van der Waals surface area contributed by atoms with E-state index in [-0.39, 0.29) is 12.1 Å². The largest absolute Gasteiger partial charge is 0.493 e. The van der Waals surface area contributed by atoms with Gasteiger partial charge >= 0.3 is 0 Å². The first-order valence-electron chi connectivity index (χ1n) is 5.83. The van der Waals surface area contributed by atoms with Gasteiger partial charge in [-0.05, 0) is 20.9 Å². The fraction of sp³-hybridized carbons (Fsp3) is 0.545. The zero-order chi connectivity index (χ0) is 13.1. The molecule has 0 radical (unpaired) electrons. The van der Waals surface area contributed by atoms with E-state index in [1.807, 2.05) is 11.7 Å². The molecule has 7 nitrogen and oxygen atoms in total. The van der Waals surface area contributed by atoms with E-state index in [1.54, 1.807) is 13.3 Å². The molecular formula is C11H18N6O. The molecule has 0 aliphatic heterocycles. The smallest absolute Gasteiger partial charge is 0.162 e. The number of aromatic nitrogens is 5. The molecule has 2 N–H and O–H groups in total. The van der Waals surface area contributed by atoms with Gasteiger partial charge in [0.15, 0.2) is 5.75 Å². The van der Waals surface area contributed by atoms with Crippen molar-refractivity contribution in [2.45, 2.75) is 25.9 Å². The van der Waals surface area contributed by atoms with Gasteiger partial charge in [0.2, 0.25) is 0 Å². The molecule has 0 aliphatic rings. The van der Waals surface area contributed by atoms with Crippen LogP contribution in [0.15, 0.2) is 12.5 Å². The summed E-state index contributed by atoms with van der Waals surface area (Å²) in [6, 6.07) is 0.107. The average molecular weight is 250 g/mol. The number of aromatic amines is 1. The molecule has 2 aromatic heterocycles. The highest BCUT2D eigenvalue weighted by molar-refractivity contribution is 5.32. The molecule has 0 aliphatic carbocycles. The van der Waals surface area contributed by atoms with Crippen molar-refractivity contribution in [3.05, 3.63) is 24.0 Å². The van der Waals surface area contributed by atoms with Crippen LogP contribution in [0.1, 0.15) is 37.4 Å². The Bertz CT molecular complexity index is 490. The van der Waals surface area contributed by atoms with Crippen molar-refractivity contribution in [1.82, 2.24) is 30.3 Å². The summed E-state index contributed by atoms with van der Waals surface area (Å²) in [6.45, 7) is 4.14. The van der Waals surface area contributed by atoms with Crippen LogP contribution in [0.5, 0.6) is 5.75 Å². The van der Waals surface area contributed by atoms with Crippen LogP contribution in [0.3, 0.4) is 0 Å². The quantitative estimate of drug-likeness (QED) is 0.824. The molecule has 1 atom stereocenters. The predicted molar refractivity (Wildman–Crippen MR) is 66.4 cm³/mol. The average Bonchev–Trinajstić information content (AvgIpc) is 2.99. The second-order valence-electron chi connectivity index (χ2n) is 4.23. The second kappa shape index (κ2) is 5.18. The molecule has 0 saturated carbocycles. The van der Waals surface area contributed by atoms with Gasteiger partial charge < -0.3 is 10.1 Å². The number of hydrogen-bond donors (Lipinski definition) is 2. The topological polar surface area (TPSA) is 80.7 Å². The Labute approximate surface area is 106 Å². The second-order valence-corrected chi connectivity index (χ2v) is 4.23. The molecule has 2 heterocycles. The van der Waals surface area contributed by atoms with E-state index in [9.17, 15) is 0 Å². The Balaban J connectivity index is 2.50. The highest BCUT2D eigenvalue weighted by Crippen LogP contribution is 2.29. The Kier molecular flexibility index (Phi) is 3.61. The maximum atomic E-state index is 5.37. The number of ether oxygens (including phenoxy) is 1. The number of nitrogens with one attached hydrogen (secondary N) is 2. The lowest BCUT2D eigenvalue weighted by Crippen LogP contribution is -2.24. The Morgan fingerprint density at radius 1 is 1.44 bits per heavy atom. The van der Waals surface area contributed by atoms with Crippen LogP contribution in [-0.2, 0) is 0 Å². The lowest BCUT2D eigenvalue weighted by atomic mass is 10.1. The first kappa shape index (κ1) is 12.6. The molecule has 2 rings (SSSR count). The van der Waals surface area contributed by atoms with Crippen LogP contribution in [0.2, 0.25) is 0 Å². The minimum Gasteiger partial charge on any atom is -0.493 e. The third-order valence-corrected chi connectivity index (χ3v) is 2.78. The van der Waals surface area contributed by atoms with Gasteiger partial charge in [-0.25, -0.2) is 4.98 Å². The molecule has 18 heavy (non-hydrogen) atoms. The van der Waals surface area contributed by atoms with Crippen molar-refractivity contribution in [1.29, 1.82) is 0 Å². The lowest BCUT2D eigenvalue weighted by molar-refractivity contribution is 0.394. The number of methoxy groups -OCH3 is 1. The maximum Gasteiger partial charge on any atom is 0.162 e. The minimum absolute atomic E-state index is 0.132. The van der Waals surface area contributed by atoms with Crippen LogP contribution >= 0.6 is 0 Å². The summed E-state index contributed by atoms with van der Waals surface area (Å²) in [6.07, 6.45) is 3.21. The van der Waals surface area contributed by atoms with E-state index in [1.165, 1.54) is 6.33 Å². The van der Waals surface area contributed by atoms with Crippen molar-refractivity contribution in [2.24, 2.45) is 0 Å². The first-order chi connectivity index (χ1) is 8.69. The van der Waals surface area contributed by atoms with Crippen molar-refractivity contribution in [3.8, 4) is 5.75 Å². The first-order valence-corrected chi connectivity index (χ1v) is 5.83. The van der Waals surface area contributed by atoms with Crippen LogP contribution in [-0.4, -0.2) is 39.1 Å². The van der Waals surface area contributed by atoms with Crippen LogP contribution in [0.4, 0.5) is 0 Å². The fourth-order valence-electron chi connectivity index (χ4n) is 1.96. The van der Waals surface area contributed by atoms with E-state index >= 15 is 0 Å². The molecule has 1 unspecified atom stereocenters. The predicted octanol–water partition coefficient (Wildman–Crippen LogP) is 0.899. The molecule has 0 amide bonds. The minimum atomic E-state index is -0.132. The zero-order valence-corrected chi connectivity index (χ0v) is 11.0. The number of H-pyrrole nitrogens is 1. The van der Waals surface area contributed by atoms with Crippen molar-refractivity contribution in [3.63, 3.8) is 0 Å². The van der Waals surface area contributed by atoms with Crippen molar-refractivity contribution < 1.29 is 4.74 Å². The summed E-state index contributed by atoms with van der Waals surface area (Å²) in [4.78, 5) is 4.19. The van der Waals surface area contributed by atoms with Gasteiger partial charge in [0, 0.05) is 6.04 Å². The van der Waals surface area contributed by atoms with Gasteiger partial charge in [-0.2, -0.15) is 10.2 Å². The standard InChI is InChI=1S/C11H18N6O/c1-7(2)17-10(8(18-4)5-15-17)9(12-3)11-13-6-14-16-11/h5-7,9,12H,1-4H3,(H,13,14,16). The summed E-state index contributed by atoms with van der Waals surface area (Å²) in [5.41, 5.74) is 0.937. The maximum absolute atomic E-state index is 5.37. The highest BCUT2D eigenvalue weighted by atomic mass is 16.5. The SMILES string of the molecule is CNC(c1ncn[nH]1)c1c(OC)cnn1C(C)C. The van der Waals surface area contributed by atoms with E-state index in [0.29, 0.717) is 0 Å². The van der Waals surface area contributed by atoms with Gasteiger partial charge in [0.1, 0.15) is 23.9 Å². The summed E-state index contributed by atoms with van der Waals surface area (Å²) < 4.78 is 7.29. The molecule has 0 saturated heterocycles. The third kappa shape index (κ3) is 2.08. The molecule has 0 spiro atoms. The van der Waals surface area contributed by atoms with E-state index in [0.717, 1.165) is 17.3 Å². The van der Waals surface area contributed by atoms with Crippen LogP contribution in [0.25, 0.3) is 0 Å². The molecule has 2 aromatic rings. The molecule has 98 valence electrons. The van der Waals surface area contributed by atoms with Gasteiger partial charge in [-0.1, -0.05) is 0 Å². The van der Waals surface area contributed by atoms with Crippen molar-refractivity contribution >= 4 is 0 Å².